The fourth-order valence-corrected chi connectivity index (χ4v) is 0.378. The second kappa shape index (κ2) is 8.69. The average Bonchev–Trinajstić information content (AvgIpc) is 2.03. The molecule has 0 saturated carbocycles. The zero-order valence-corrected chi connectivity index (χ0v) is 7.13. The maximum absolute atomic E-state index is 10.4. The van der Waals surface area contributed by atoms with Crippen LogP contribution >= 0.6 is 0 Å². The van der Waals surface area contributed by atoms with Gasteiger partial charge in [0.1, 0.15) is 0 Å². The molecule has 2 nitrogen and oxygen atoms in total. The Kier molecular flexibility index (Phi) is 9.78. The van der Waals surface area contributed by atoms with Gasteiger partial charge in [0.15, 0.2) is 0 Å². The highest BCUT2D eigenvalue weighted by molar-refractivity contribution is 5.94. The molecule has 0 aliphatic carbocycles. The van der Waals surface area contributed by atoms with Crippen LogP contribution in [0.15, 0.2) is 37.0 Å². The van der Waals surface area contributed by atoms with Gasteiger partial charge >= 0.3 is 0 Å². The van der Waals surface area contributed by atoms with E-state index in [2.05, 4.69) is 13.2 Å². The number of nitrogens with two attached hydrogens (primary N) is 1. The quantitative estimate of drug-likeness (QED) is 0.487. The minimum absolute atomic E-state index is 0.380. The Labute approximate surface area is 68.1 Å². The van der Waals surface area contributed by atoms with Crippen molar-refractivity contribution in [3.8, 4) is 0 Å². The second-order valence-corrected chi connectivity index (χ2v) is 1.43. The maximum atomic E-state index is 10.4. The summed E-state index contributed by atoms with van der Waals surface area (Å²) in [5.74, 6) is -0.482. The van der Waals surface area contributed by atoms with Crippen LogP contribution in [0.5, 0.6) is 0 Å². The maximum Gasteiger partial charge on any atom is 0.248 e. The molecule has 2 N–H and O–H groups in total. The lowest BCUT2D eigenvalue weighted by atomic mass is 10.2. The standard InChI is InChI=1S/C7H9NO.C2H6/c1-3-5-6(4-2)7(8)9;1-2/h3-5H,1-2H2,(H2,8,9);1-2H3/b6-5+;. The Morgan fingerprint density at radius 1 is 1.36 bits per heavy atom. The minimum Gasteiger partial charge on any atom is -0.366 e. The molecule has 0 radical (unpaired) electrons. The number of rotatable bonds is 3. The number of hydrogen-bond donors (Lipinski definition) is 1. The molecule has 0 saturated heterocycles. The number of allylic oxidation sites excluding steroid dienone is 2. The Morgan fingerprint density at radius 3 is 1.91 bits per heavy atom. The summed E-state index contributed by atoms with van der Waals surface area (Å²) in [6.45, 7) is 10.8. The molecule has 11 heavy (non-hydrogen) atoms. The van der Waals surface area contributed by atoms with Gasteiger partial charge in [-0.25, -0.2) is 0 Å². The van der Waals surface area contributed by atoms with Crippen molar-refractivity contribution in [1.82, 2.24) is 0 Å². The normalized spacial score (nSPS) is 9.09. The van der Waals surface area contributed by atoms with Crippen LogP contribution in [-0.4, -0.2) is 5.91 Å². The van der Waals surface area contributed by atoms with Crippen molar-refractivity contribution < 1.29 is 4.79 Å². The van der Waals surface area contributed by atoms with E-state index in [1.54, 1.807) is 0 Å². The molecule has 0 bridgehead atoms. The van der Waals surface area contributed by atoms with Crippen LogP contribution in [0.3, 0.4) is 0 Å². The van der Waals surface area contributed by atoms with Crippen LogP contribution in [-0.2, 0) is 4.79 Å². The topological polar surface area (TPSA) is 43.1 Å². The predicted molar refractivity (Wildman–Crippen MR) is 49.0 cm³/mol. The molecule has 0 aromatic carbocycles. The van der Waals surface area contributed by atoms with E-state index in [1.807, 2.05) is 13.8 Å². The van der Waals surface area contributed by atoms with Crippen LogP contribution < -0.4 is 5.73 Å². The van der Waals surface area contributed by atoms with Gasteiger partial charge in [-0.1, -0.05) is 45.2 Å². The second-order valence-electron chi connectivity index (χ2n) is 1.43. The van der Waals surface area contributed by atoms with Crippen molar-refractivity contribution in [2.45, 2.75) is 13.8 Å². The number of hydrogen-bond acceptors (Lipinski definition) is 1. The SMILES string of the molecule is C=C/C=C(\C=C)C(N)=O.CC. The van der Waals surface area contributed by atoms with Gasteiger partial charge in [-0.3, -0.25) is 4.79 Å². The fraction of sp³-hybridized carbons (Fsp3) is 0.222. The van der Waals surface area contributed by atoms with Crippen LogP contribution in [0.2, 0.25) is 0 Å². The lowest BCUT2D eigenvalue weighted by Crippen LogP contribution is -2.11. The molecule has 1 amide bonds. The Bertz CT molecular complexity index is 168. The molecule has 0 rings (SSSR count). The van der Waals surface area contributed by atoms with Crippen molar-refractivity contribution in [2.75, 3.05) is 0 Å². The summed E-state index contributed by atoms with van der Waals surface area (Å²) in [6, 6.07) is 0. The van der Waals surface area contributed by atoms with Gasteiger partial charge in [-0.15, -0.1) is 0 Å². The third-order valence-corrected chi connectivity index (χ3v) is 0.802. The molecular weight excluding hydrogens is 138 g/mol. The highest BCUT2D eigenvalue weighted by atomic mass is 16.1. The molecule has 0 atom stereocenters. The molecule has 0 unspecified atom stereocenters. The number of primary amides is 1. The van der Waals surface area contributed by atoms with Crippen LogP contribution in [0, 0.1) is 0 Å². The highest BCUT2D eigenvalue weighted by Crippen LogP contribution is 1.92. The first-order chi connectivity index (χ1) is 5.22. The first kappa shape index (κ1) is 12.4. The Hall–Kier alpha value is -1.31. The van der Waals surface area contributed by atoms with Gasteiger partial charge < -0.3 is 5.73 Å². The van der Waals surface area contributed by atoms with Gasteiger partial charge in [-0.2, -0.15) is 0 Å². The van der Waals surface area contributed by atoms with Crippen molar-refractivity contribution in [3.63, 3.8) is 0 Å². The molecule has 0 aliphatic heterocycles. The Balaban J connectivity index is 0. The summed E-state index contributed by atoms with van der Waals surface area (Å²) in [5.41, 5.74) is 5.29. The zero-order chi connectivity index (χ0) is 9.28. The molecule has 62 valence electrons. The molecule has 0 heterocycles. The summed E-state index contributed by atoms with van der Waals surface area (Å²) in [6.07, 6.45) is 4.39. The Morgan fingerprint density at radius 2 is 1.82 bits per heavy atom. The number of carbonyl (C=O) groups is 1. The van der Waals surface area contributed by atoms with Crippen molar-refractivity contribution in [1.29, 1.82) is 0 Å². The zero-order valence-electron chi connectivity index (χ0n) is 7.13. The molecular formula is C9H15NO. The summed E-state index contributed by atoms with van der Waals surface area (Å²) in [5, 5.41) is 0. The van der Waals surface area contributed by atoms with Crippen molar-refractivity contribution in [3.05, 3.63) is 37.0 Å². The van der Waals surface area contributed by atoms with Gasteiger partial charge in [0, 0.05) is 5.57 Å². The lowest BCUT2D eigenvalue weighted by molar-refractivity contribution is -0.114. The van der Waals surface area contributed by atoms with E-state index in [1.165, 1.54) is 18.2 Å². The molecule has 0 fully saturated rings. The lowest BCUT2D eigenvalue weighted by Gasteiger charge is -1.88. The third-order valence-electron chi connectivity index (χ3n) is 0.802. The van der Waals surface area contributed by atoms with Crippen molar-refractivity contribution >= 4 is 5.91 Å². The van der Waals surface area contributed by atoms with Crippen LogP contribution in [0.4, 0.5) is 0 Å². The third kappa shape index (κ3) is 6.58. The first-order valence-electron chi connectivity index (χ1n) is 3.47. The fourth-order valence-electron chi connectivity index (χ4n) is 0.378. The largest absolute Gasteiger partial charge is 0.366 e. The highest BCUT2D eigenvalue weighted by Gasteiger charge is 1.94. The predicted octanol–water partition coefficient (Wildman–Crippen LogP) is 1.80. The monoisotopic (exact) mass is 153 g/mol. The van der Waals surface area contributed by atoms with Crippen LogP contribution in [0.1, 0.15) is 13.8 Å². The molecule has 2 heteroatoms. The van der Waals surface area contributed by atoms with E-state index in [0.29, 0.717) is 5.57 Å². The van der Waals surface area contributed by atoms with Gasteiger partial charge in [-0.05, 0) is 0 Å². The van der Waals surface area contributed by atoms with E-state index < -0.39 is 5.91 Å². The van der Waals surface area contributed by atoms with E-state index in [-0.39, 0.29) is 0 Å². The van der Waals surface area contributed by atoms with Crippen LogP contribution in [0.25, 0.3) is 0 Å². The van der Waals surface area contributed by atoms with Gasteiger partial charge in [0.05, 0.1) is 0 Å². The van der Waals surface area contributed by atoms with E-state index in [9.17, 15) is 4.79 Å². The van der Waals surface area contributed by atoms with Gasteiger partial charge in [0.2, 0.25) is 5.91 Å². The van der Waals surface area contributed by atoms with E-state index in [4.69, 9.17) is 5.73 Å². The molecule has 0 spiro atoms. The molecule has 0 aromatic rings. The summed E-state index contributed by atoms with van der Waals surface area (Å²) in [7, 11) is 0. The first-order valence-corrected chi connectivity index (χ1v) is 3.47. The minimum atomic E-state index is -0.482. The summed E-state index contributed by atoms with van der Waals surface area (Å²) >= 11 is 0. The molecule has 0 aliphatic rings. The average molecular weight is 153 g/mol. The number of amides is 1. The number of carbonyl (C=O) groups excluding carboxylic acids is 1. The van der Waals surface area contributed by atoms with Crippen molar-refractivity contribution in [2.24, 2.45) is 5.73 Å². The van der Waals surface area contributed by atoms with E-state index in [0.717, 1.165) is 0 Å². The smallest absolute Gasteiger partial charge is 0.248 e. The summed E-state index contributed by atoms with van der Waals surface area (Å²) in [4.78, 5) is 10.4. The van der Waals surface area contributed by atoms with E-state index >= 15 is 0 Å². The van der Waals surface area contributed by atoms with Gasteiger partial charge in [0.25, 0.3) is 0 Å². The summed E-state index contributed by atoms with van der Waals surface area (Å²) < 4.78 is 0. The molecule has 0 aromatic heterocycles.